The van der Waals surface area contributed by atoms with E-state index in [0.717, 1.165) is 6.42 Å². The summed E-state index contributed by atoms with van der Waals surface area (Å²) in [5, 5.41) is 8.85. The summed E-state index contributed by atoms with van der Waals surface area (Å²) in [7, 11) is 0. The maximum absolute atomic E-state index is 9.81. The van der Waals surface area contributed by atoms with Crippen LogP contribution in [-0.2, 0) is 14.3 Å². The zero-order valence-corrected chi connectivity index (χ0v) is 10.2. The first-order valence-corrected chi connectivity index (χ1v) is 5.16. The second-order valence-corrected chi connectivity index (χ2v) is 3.68. The number of aliphatic hydroxyl groups excluding tert-OH is 1. The SMILES string of the molecule is CC(=O)OC(C)=O.CCC(C)CC(C)O. The molecule has 0 spiro atoms. The van der Waals surface area contributed by atoms with Crippen molar-refractivity contribution in [3.63, 3.8) is 0 Å². The minimum Gasteiger partial charge on any atom is -0.394 e. The summed E-state index contributed by atoms with van der Waals surface area (Å²) in [6, 6.07) is 0. The molecule has 0 rings (SSSR count). The summed E-state index contributed by atoms with van der Waals surface area (Å²) in [6.45, 7) is 8.51. The summed E-state index contributed by atoms with van der Waals surface area (Å²) >= 11 is 0. The minimum atomic E-state index is -0.562. The van der Waals surface area contributed by atoms with Crippen molar-refractivity contribution in [1.29, 1.82) is 0 Å². The quantitative estimate of drug-likeness (QED) is 0.580. The van der Waals surface area contributed by atoms with E-state index < -0.39 is 11.9 Å². The van der Waals surface area contributed by atoms with Crippen LogP contribution in [0.25, 0.3) is 0 Å². The topological polar surface area (TPSA) is 63.6 Å². The van der Waals surface area contributed by atoms with Gasteiger partial charge in [0.2, 0.25) is 0 Å². The Bertz CT molecular complexity index is 175. The van der Waals surface area contributed by atoms with Crippen LogP contribution in [-0.4, -0.2) is 23.1 Å². The Labute approximate surface area is 91.6 Å². The normalized spacial score (nSPS) is 13.2. The van der Waals surface area contributed by atoms with E-state index in [1.165, 1.54) is 20.3 Å². The second kappa shape index (κ2) is 9.65. The molecule has 0 aliphatic heterocycles. The summed E-state index contributed by atoms with van der Waals surface area (Å²) in [6.07, 6.45) is 1.99. The van der Waals surface area contributed by atoms with Gasteiger partial charge >= 0.3 is 11.9 Å². The fourth-order valence-electron chi connectivity index (χ4n) is 0.951. The molecule has 0 heterocycles. The Balaban J connectivity index is 0. The van der Waals surface area contributed by atoms with E-state index in [1.807, 2.05) is 6.92 Å². The molecule has 0 aromatic carbocycles. The van der Waals surface area contributed by atoms with Crippen LogP contribution in [0.15, 0.2) is 0 Å². The van der Waals surface area contributed by atoms with Crippen molar-refractivity contribution < 1.29 is 19.4 Å². The molecular weight excluding hydrogens is 196 g/mol. The number of esters is 2. The van der Waals surface area contributed by atoms with Crippen molar-refractivity contribution in [3.8, 4) is 0 Å². The van der Waals surface area contributed by atoms with Crippen LogP contribution in [0.3, 0.4) is 0 Å². The lowest BCUT2D eigenvalue weighted by Crippen LogP contribution is -2.05. The molecule has 0 aromatic heterocycles. The van der Waals surface area contributed by atoms with Gasteiger partial charge in [-0.05, 0) is 19.3 Å². The van der Waals surface area contributed by atoms with Gasteiger partial charge in [-0.15, -0.1) is 0 Å². The Hall–Kier alpha value is -0.900. The number of ether oxygens (including phenoxy) is 1. The molecule has 0 aromatic rings. The lowest BCUT2D eigenvalue weighted by molar-refractivity contribution is -0.156. The van der Waals surface area contributed by atoms with Gasteiger partial charge < -0.3 is 9.84 Å². The Kier molecular flexibility index (Phi) is 10.6. The van der Waals surface area contributed by atoms with Gasteiger partial charge in [0.1, 0.15) is 0 Å². The third-order valence-electron chi connectivity index (χ3n) is 1.73. The average Bonchev–Trinajstić information content (AvgIpc) is 2.01. The smallest absolute Gasteiger partial charge is 0.310 e. The van der Waals surface area contributed by atoms with Crippen LogP contribution in [0.4, 0.5) is 0 Å². The number of rotatable bonds is 3. The van der Waals surface area contributed by atoms with Gasteiger partial charge in [0.25, 0.3) is 0 Å². The Morgan fingerprint density at radius 1 is 1.20 bits per heavy atom. The van der Waals surface area contributed by atoms with Crippen molar-refractivity contribution in [3.05, 3.63) is 0 Å². The molecule has 0 amide bonds. The lowest BCUT2D eigenvalue weighted by Gasteiger charge is -2.08. The van der Waals surface area contributed by atoms with Gasteiger partial charge in [-0.2, -0.15) is 0 Å². The highest BCUT2D eigenvalue weighted by Crippen LogP contribution is 2.08. The first-order valence-electron chi connectivity index (χ1n) is 5.16. The predicted molar refractivity (Wildman–Crippen MR) is 58.2 cm³/mol. The van der Waals surface area contributed by atoms with Crippen molar-refractivity contribution >= 4 is 11.9 Å². The predicted octanol–water partition coefficient (Wildman–Crippen LogP) is 1.90. The third-order valence-corrected chi connectivity index (χ3v) is 1.73. The highest BCUT2D eigenvalue weighted by Gasteiger charge is 2.01. The summed E-state index contributed by atoms with van der Waals surface area (Å²) < 4.78 is 3.97. The van der Waals surface area contributed by atoms with E-state index in [9.17, 15) is 9.59 Å². The maximum Gasteiger partial charge on any atom is 0.310 e. The molecule has 0 aliphatic carbocycles. The zero-order chi connectivity index (χ0) is 12.4. The highest BCUT2D eigenvalue weighted by molar-refractivity contribution is 5.82. The summed E-state index contributed by atoms with van der Waals surface area (Å²) in [4.78, 5) is 19.6. The molecular formula is C11H22O4. The summed E-state index contributed by atoms with van der Waals surface area (Å²) in [5.41, 5.74) is 0. The average molecular weight is 218 g/mol. The van der Waals surface area contributed by atoms with Crippen molar-refractivity contribution in [2.75, 3.05) is 0 Å². The molecule has 0 bridgehead atoms. The van der Waals surface area contributed by atoms with Crippen LogP contribution < -0.4 is 0 Å². The van der Waals surface area contributed by atoms with Gasteiger partial charge in [0.05, 0.1) is 6.10 Å². The Morgan fingerprint density at radius 3 is 1.67 bits per heavy atom. The molecule has 0 aliphatic rings. The molecule has 0 fully saturated rings. The van der Waals surface area contributed by atoms with E-state index in [0.29, 0.717) is 5.92 Å². The minimum absolute atomic E-state index is 0.120. The van der Waals surface area contributed by atoms with Crippen LogP contribution in [0.5, 0.6) is 0 Å². The van der Waals surface area contributed by atoms with Gasteiger partial charge in [0.15, 0.2) is 0 Å². The van der Waals surface area contributed by atoms with Gasteiger partial charge in [-0.25, -0.2) is 0 Å². The maximum atomic E-state index is 9.81. The molecule has 2 unspecified atom stereocenters. The van der Waals surface area contributed by atoms with Crippen molar-refractivity contribution in [2.24, 2.45) is 5.92 Å². The highest BCUT2D eigenvalue weighted by atomic mass is 16.6. The van der Waals surface area contributed by atoms with Crippen molar-refractivity contribution in [2.45, 2.75) is 53.6 Å². The first-order chi connectivity index (χ1) is 6.79. The molecule has 15 heavy (non-hydrogen) atoms. The second-order valence-electron chi connectivity index (χ2n) is 3.68. The number of carbonyl (C=O) groups is 2. The standard InChI is InChI=1S/C7H16O.C4H6O3/c1-4-6(2)5-7(3)8;1-3(5)7-4(2)6/h6-8H,4-5H2,1-3H3;1-2H3. The number of hydrogen-bond acceptors (Lipinski definition) is 4. The van der Waals surface area contributed by atoms with Crippen molar-refractivity contribution in [1.82, 2.24) is 0 Å². The van der Waals surface area contributed by atoms with E-state index in [1.54, 1.807) is 0 Å². The van der Waals surface area contributed by atoms with E-state index >= 15 is 0 Å². The summed E-state index contributed by atoms with van der Waals surface area (Å²) in [5.74, 6) is -0.449. The van der Waals surface area contributed by atoms with Crippen LogP contribution in [0.1, 0.15) is 47.5 Å². The van der Waals surface area contributed by atoms with Gasteiger partial charge in [-0.1, -0.05) is 20.3 Å². The van der Waals surface area contributed by atoms with Crippen LogP contribution >= 0.6 is 0 Å². The Morgan fingerprint density at radius 2 is 1.60 bits per heavy atom. The molecule has 4 nitrogen and oxygen atoms in total. The first kappa shape index (κ1) is 16.5. The fraction of sp³-hybridized carbons (Fsp3) is 0.818. The molecule has 1 N–H and O–H groups in total. The fourth-order valence-corrected chi connectivity index (χ4v) is 0.951. The van der Waals surface area contributed by atoms with Gasteiger partial charge in [0, 0.05) is 13.8 Å². The van der Waals surface area contributed by atoms with E-state index in [4.69, 9.17) is 5.11 Å². The monoisotopic (exact) mass is 218 g/mol. The van der Waals surface area contributed by atoms with Gasteiger partial charge in [-0.3, -0.25) is 9.59 Å². The molecule has 90 valence electrons. The van der Waals surface area contributed by atoms with E-state index in [2.05, 4.69) is 18.6 Å². The zero-order valence-electron chi connectivity index (χ0n) is 10.2. The van der Waals surface area contributed by atoms with Crippen LogP contribution in [0, 0.1) is 5.92 Å². The lowest BCUT2D eigenvalue weighted by atomic mass is 10.0. The molecule has 0 saturated heterocycles. The third kappa shape index (κ3) is 19.5. The molecule has 2 atom stereocenters. The molecule has 0 radical (unpaired) electrons. The largest absolute Gasteiger partial charge is 0.394 e. The number of hydrogen-bond donors (Lipinski definition) is 1. The number of aliphatic hydroxyl groups is 1. The number of carbonyl (C=O) groups excluding carboxylic acids is 2. The molecule has 4 heteroatoms. The van der Waals surface area contributed by atoms with Crippen LogP contribution in [0.2, 0.25) is 0 Å². The molecule has 0 saturated carbocycles. The van der Waals surface area contributed by atoms with E-state index in [-0.39, 0.29) is 6.10 Å².